The molecule has 0 radical (unpaired) electrons. The second-order valence-electron chi connectivity index (χ2n) is 11.3. The first kappa shape index (κ1) is 26.8. The van der Waals surface area contributed by atoms with Crippen LogP contribution in [0.1, 0.15) is 23.7 Å². The Hall–Kier alpha value is -3.43. The van der Waals surface area contributed by atoms with Crippen LogP contribution in [0.4, 0.5) is 20.6 Å². The monoisotopic (exact) mass is 547 g/mol. The summed E-state index contributed by atoms with van der Waals surface area (Å²) < 4.78 is 28.1. The number of nitrogens with zero attached hydrogens (tertiary/aromatic N) is 5. The van der Waals surface area contributed by atoms with Crippen LogP contribution >= 0.6 is 0 Å². The number of anilines is 2. The van der Waals surface area contributed by atoms with Gasteiger partial charge in [0, 0.05) is 58.1 Å². The summed E-state index contributed by atoms with van der Waals surface area (Å²) in [6.07, 6.45) is 0.517. The second kappa shape index (κ2) is 11.2. The van der Waals surface area contributed by atoms with Crippen LogP contribution in [-0.4, -0.2) is 66.7 Å². The number of benzene rings is 2. The number of carbonyl (C=O) groups excluding carboxylic acids is 1. The van der Waals surface area contributed by atoms with Crippen molar-refractivity contribution in [2.75, 3.05) is 55.7 Å². The Labute approximate surface area is 235 Å². The number of aromatic nitrogens is 2. The van der Waals surface area contributed by atoms with Gasteiger partial charge in [0.15, 0.2) is 0 Å². The number of piperidine rings is 1. The molecule has 2 unspecified atom stereocenters. The molecular weight excluding hydrogens is 509 g/mol. The Morgan fingerprint density at radius 3 is 2.40 bits per heavy atom. The van der Waals surface area contributed by atoms with Crippen molar-refractivity contribution >= 4 is 17.5 Å². The van der Waals surface area contributed by atoms with Gasteiger partial charge in [-0.3, -0.25) is 14.5 Å². The largest absolute Gasteiger partial charge is 0.421 e. The molecule has 1 saturated carbocycles. The maximum atomic E-state index is 15.3. The predicted octanol–water partition coefficient (Wildman–Crippen LogP) is 4.65. The van der Waals surface area contributed by atoms with Gasteiger partial charge in [0.1, 0.15) is 5.82 Å². The molecule has 0 bridgehead atoms. The van der Waals surface area contributed by atoms with Gasteiger partial charge < -0.3 is 14.4 Å². The zero-order valence-corrected chi connectivity index (χ0v) is 23.6. The normalized spacial score (nSPS) is 22.3. The highest BCUT2D eigenvalue weighted by Crippen LogP contribution is 2.52. The van der Waals surface area contributed by atoms with Crippen molar-refractivity contribution in [2.24, 2.45) is 24.8 Å². The lowest BCUT2D eigenvalue weighted by Crippen LogP contribution is -2.38. The van der Waals surface area contributed by atoms with Crippen LogP contribution in [-0.2, 0) is 24.8 Å². The minimum atomic E-state index is -0.533. The van der Waals surface area contributed by atoms with Crippen LogP contribution in [0.25, 0.3) is 0 Å². The number of rotatable bonds is 8. The van der Waals surface area contributed by atoms with E-state index in [9.17, 15) is 4.79 Å². The summed E-state index contributed by atoms with van der Waals surface area (Å²) in [6, 6.07) is 15.7. The summed E-state index contributed by atoms with van der Waals surface area (Å²) in [5, 5.41) is 4.28. The predicted molar refractivity (Wildman–Crippen MR) is 152 cm³/mol. The summed E-state index contributed by atoms with van der Waals surface area (Å²) in [5.41, 5.74) is 4.62. The Bertz CT molecular complexity index is 1320. The molecule has 3 aliphatic rings. The molecule has 2 atom stereocenters. The zero-order valence-electron chi connectivity index (χ0n) is 23.6. The molecule has 6 rings (SSSR count). The van der Waals surface area contributed by atoms with E-state index < -0.39 is 6.09 Å². The third-order valence-electron chi connectivity index (χ3n) is 8.78. The van der Waals surface area contributed by atoms with Crippen LogP contribution < -0.4 is 14.5 Å². The molecule has 1 amide bonds. The lowest BCUT2D eigenvalue weighted by atomic mass is 10.1. The maximum Gasteiger partial charge on any atom is 0.421 e. The number of amides is 1. The van der Waals surface area contributed by atoms with Gasteiger partial charge in [0.25, 0.3) is 0 Å². The Morgan fingerprint density at radius 1 is 1.07 bits per heavy atom. The van der Waals surface area contributed by atoms with Gasteiger partial charge in [0.05, 0.1) is 24.6 Å². The van der Waals surface area contributed by atoms with Crippen LogP contribution in [0.2, 0.25) is 0 Å². The van der Waals surface area contributed by atoms with E-state index in [0.717, 1.165) is 31.7 Å². The third kappa shape index (κ3) is 5.58. The number of halogens is 1. The van der Waals surface area contributed by atoms with Crippen molar-refractivity contribution in [1.29, 1.82) is 0 Å². The smallest absolute Gasteiger partial charge is 0.389 e. The van der Waals surface area contributed by atoms with E-state index in [-0.39, 0.29) is 11.7 Å². The molecule has 40 heavy (non-hydrogen) atoms. The van der Waals surface area contributed by atoms with E-state index in [1.807, 2.05) is 17.9 Å². The molecular formula is C31H38FN5O3. The molecule has 1 aromatic heterocycles. The fourth-order valence-electron chi connectivity index (χ4n) is 6.22. The number of fused-ring (bicyclic) bond motifs is 1. The van der Waals surface area contributed by atoms with Crippen LogP contribution in [0.15, 0.2) is 48.5 Å². The van der Waals surface area contributed by atoms with E-state index in [1.165, 1.54) is 17.2 Å². The molecule has 0 spiro atoms. The van der Waals surface area contributed by atoms with Crippen LogP contribution in [0.3, 0.4) is 0 Å². The van der Waals surface area contributed by atoms with Gasteiger partial charge in [-0.05, 0) is 60.4 Å². The van der Waals surface area contributed by atoms with E-state index in [2.05, 4.69) is 41.2 Å². The molecule has 3 heterocycles. The first-order valence-corrected chi connectivity index (χ1v) is 14.3. The van der Waals surface area contributed by atoms with Crippen molar-refractivity contribution in [2.45, 2.75) is 26.8 Å². The Balaban J connectivity index is 1.15. The van der Waals surface area contributed by atoms with Gasteiger partial charge in [-0.2, -0.15) is 0 Å². The number of morpholine rings is 1. The number of hydrogen-bond acceptors (Lipinski definition) is 6. The summed E-state index contributed by atoms with van der Waals surface area (Å²) >= 11 is 0. The lowest BCUT2D eigenvalue weighted by molar-refractivity contribution is 0.122. The van der Waals surface area contributed by atoms with Crippen LogP contribution in [0.5, 0.6) is 5.88 Å². The molecule has 2 aromatic carbocycles. The van der Waals surface area contributed by atoms with Crippen molar-refractivity contribution in [3.8, 4) is 5.88 Å². The van der Waals surface area contributed by atoms with Gasteiger partial charge in [0.2, 0.25) is 5.88 Å². The average Bonchev–Trinajstić information content (AvgIpc) is 3.22. The Kier molecular flexibility index (Phi) is 7.51. The number of carbonyl (C=O) groups is 1. The first-order chi connectivity index (χ1) is 19.4. The van der Waals surface area contributed by atoms with Gasteiger partial charge in [-0.25, -0.2) is 9.18 Å². The number of ether oxygens (including phenoxy) is 2. The average molecular weight is 548 g/mol. The SMILES string of the molecule is CCc1ccc(CN2CC3C(C2)C3CN(C(=O)Oc2cc(C)n(C)n2)c2ccc(N3CCOCC3)c(F)c2)cc1. The summed E-state index contributed by atoms with van der Waals surface area (Å²) in [4.78, 5) is 19.5. The van der Waals surface area contributed by atoms with E-state index in [4.69, 9.17) is 9.47 Å². The summed E-state index contributed by atoms with van der Waals surface area (Å²) in [6.45, 7) is 9.98. The van der Waals surface area contributed by atoms with Crippen molar-refractivity contribution in [1.82, 2.24) is 14.7 Å². The molecule has 2 aliphatic heterocycles. The van der Waals surface area contributed by atoms with E-state index in [1.54, 1.807) is 28.8 Å². The lowest BCUT2D eigenvalue weighted by Gasteiger charge is -2.30. The number of aryl methyl sites for hydroxylation is 3. The molecule has 8 nitrogen and oxygen atoms in total. The molecule has 3 aromatic rings. The topological polar surface area (TPSA) is 63.1 Å². The molecule has 9 heteroatoms. The fourth-order valence-corrected chi connectivity index (χ4v) is 6.22. The van der Waals surface area contributed by atoms with Crippen LogP contribution in [0, 0.1) is 30.5 Å². The van der Waals surface area contributed by atoms with Crippen molar-refractivity contribution in [3.63, 3.8) is 0 Å². The quantitative estimate of drug-likeness (QED) is 0.409. The molecule has 3 fully saturated rings. The summed E-state index contributed by atoms with van der Waals surface area (Å²) in [7, 11) is 1.81. The summed E-state index contributed by atoms with van der Waals surface area (Å²) in [5.74, 6) is 1.32. The standard InChI is InChI=1S/C31H38FN5O3/c1-4-22-5-7-23(8-6-22)17-35-18-25-26(19-35)27(25)20-37(31(38)40-30-15-21(2)34(3)33-30)24-9-10-29(28(32)16-24)36-11-13-39-14-12-36/h5-10,15-16,25-27H,4,11-14,17-20H2,1-3H3. The number of hydrogen-bond donors (Lipinski definition) is 0. The first-order valence-electron chi connectivity index (χ1n) is 14.3. The minimum Gasteiger partial charge on any atom is -0.389 e. The van der Waals surface area contributed by atoms with Crippen molar-refractivity contribution in [3.05, 3.63) is 71.2 Å². The third-order valence-corrected chi connectivity index (χ3v) is 8.78. The fraction of sp³-hybridized carbons (Fsp3) is 0.484. The zero-order chi connectivity index (χ0) is 27.8. The highest BCUT2D eigenvalue weighted by Gasteiger charge is 2.56. The molecule has 1 aliphatic carbocycles. The molecule has 0 N–H and O–H groups in total. The molecule has 212 valence electrons. The second-order valence-corrected chi connectivity index (χ2v) is 11.3. The highest BCUT2D eigenvalue weighted by atomic mass is 19.1. The molecule has 2 saturated heterocycles. The Morgan fingerprint density at radius 2 is 1.77 bits per heavy atom. The van der Waals surface area contributed by atoms with Gasteiger partial charge in [-0.15, -0.1) is 5.10 Å². The van der Waals surface area contributed by atoms with E-state index in [0.29, 0.717) is 62.0 Å². The number of likely N-dealkylation sites (tertiary alicyclic amines) is 1. The minimum absolute atomic E-state index is 0.247. The van der Waals surface area contributed by atoms with Gasteiger partial charge >= 0.3 is 6.09 Å². The van der Waals surface area contributed by atoms with E-state index >= 15 is 4.39 Å². The maximum absolute atomic E-state index is 15.3. The van der Waals surface area contributed by atoms with Gasteiger partial charge in [-0.1, -0.05) is 31.2 Å². The highest BCUT2D eigenvalue weighted by molar-refractivity contribution is 5.89. The van der Waals surface area contributed by atoms with Crippen molar-refractivity contribution < 1.29 is 18.7 Å².